The van der Waals surface area contributed by atoms with Crippen LogP contribution in [0.3, 0.4) is 0 Å². The van der Waals surface area contributed by atoms with Crippen molar-refractivity contribution in [2.75, 3.05) is 14.2 Å². The maximum atomic E-state index is 11.5. The van der Waals surface area contributed by atoms with Crippen LogP contribution in [0.15, 0.2) is 91.1 Å². The Morgan fingerprint density at radius 1 is 0.903 bits per heavy atom. The van der Waals surface area contributed by atoms with Crippen molar-refractivity contribution in [2.24, 2.45) is 0 Å². The Morgan fingerprint density at radius 3 is 2.32 bits per heavy atom. The lowest BCUT2D eigenvalue weighted by atomic mass is 9.99. The molecule has 0 aliphatic rings. The molecule has 5 heteroatoms. The number of hydrogen-bond donors (Lipinski definition) is 2. The Kier molecular flexibility index (Phi) is 6.67. The molecular formula is C26H28N2O3. The lowest BCUT2D eigenvalue weighted by Gasteiger charge is -2.31. The van der Waals surface area contributed by atoms with Crippen LogP contribution < -0.4 is 10.1 Å². The summed E-state index contributed by atoms with van der Waals surface area (Å²) in [5, 5.41) is 15.8. The number of aliphatic hydroxyl groups excluding tert-OH is 1. The average molecular weight is 417 g/mol. The third-order valence-electron chi connectivity index (χ3n) is 5.58. The number of aliphatic hydroxyl groups is 1. The smallest absolute Gasteiger partial charge is 0.136 e. The molecule has 0 aliphatic heterocycles. The zero-order valence-corrected chi connectivity index (χ0v) is 17.8. The predicted molar refractivity (Wildman–Crippen MR) is 123 cm³/mol. The minimum absolute atomic E-state index is 0.311. The van der Waals surface area contributed by atoms with E-state index in [1.807, 2.05) is 72.9 Å². The van der Waals surface area contributed by atoms with Gasteiger partial charge in [0.1, 0.15) is 18.1 Å². The highest BCUT2D eigenvalue weighted by atomic mass is 16.5. The Balaban J connectivity index is 1.61. The summed E-state index contributed by atoms with van der Waals surface area (Å²) in [4.78, 5) is 0. The summed E-state index contributed by atoms with van der Waals surface area (Å²) in [6.45, 7) is 0.375. The van der Waals surface area contributed by atoms with Gasteiger partial charge in [-0.2, -0.15) is 0 Å². The molecule has 4 aromatic rings. The van der Waals surface area contributed by atoms with Crippen molar-refractivity contribution in [3.05, 3.63) is 102 Å². The van der Waals surface area contributed by atoms with E-state index in [9.17, 15) is 5.11 Å². The number of methoxy groups -OCH3 is 1. The molecule has 0 saturated carbocycles. The Morgan fingerprint density at radius 2 is 1.61 bits per heavy atom. The molecule has 31 heavy (non-hydrogen) atoms. The molecule has 5 nitrogen and oxygen atoms in total. The van der Waals surface area contributed by atoms with E-state index in [1.54, 1.807) is 14.2 Å². The molecule has 0 spiro atoms. The first-order chi connectivity index (χ1) is 15.2. The van der Waals surface area contributed by atoms with Crippen LogP contribution in [0, 0.1) is 0 Å². The van der Waals surface area contributed by atoms with Crippen molar-refractivity contribution >= 4 is 10.9 Å². The SMILES string of the molecule is CNC(OCc1ccc(OC)cc1)C(O)C(c1ccccc1)n1ccc2ccccc21. The molecule has 160 valence electrons. The van der Waals surface area contributed by atoms with Crippen LogP contribution in [-0.4, -0.2) is 36.2 Å². The number of aromatic nitrogens is 1. The molecule has 3 atom stereocenters. The summed E-state index contributed by atoms with van der Waals surface area (Å²) in [6, 6.07) is 27.7. The van der Waals surface area contributed by atoms with E-state index in [-0.39, 0.29) is 6.04 Å². The van der Waals surface area contributed by atoms with Crippen LogP contribution in [0.5, 0.6) is 5.75 Å². The first kappa shape index (κ1) is 21.1. The summed E-state index contributed by atoms with van der Waals surface area (Å²) >= 11 is 0. The maximum absolute atomic E-state index is 11.5. The zero-order chi connectivity index (χ0) is 21.6. The zero-order valence-electron chi connectivity index (χ0n) is 17.8. The number of benzene rings is 3. The monoisotopic (exact) mass is 416 g/mol. The van der Waals surface area contributed by atoms with Gasteiger partial charge in [0.05, 0.1) is 19.8 Å². The average Bonchev–Trinajstić information content (AvgIpc) is 3.24. The summed E-state index contributed by atoms with van der Waals surface area (Å²) < 4.78 is 13.4. The van der Waals surface area contributed by atoms with Crippen molar-refractivity contribution in [3.63, 3.8) is 0 Å². The minimum Gasteiger partial charge on any atom is -0.497 e. The van der Waals surface area contributed by atoms with Crippen LogP contribution in [0.25, 0.3) is 10.9 Å². The van der Waals surface area contributed by atoms with E-state index < -0.39 is 12.3 Å². The number of likely N-dealkylation sites (N-methyl/N-ethyl adjacent to an activating group) is 1. The first-order valence-electron chi connectivity index (χ1n) is 10.4. The van der Waals surface area contributed by atoms with Gasteiger partial charge in [0.25, 0.3) is 0 Å². The molecule has 2 N–H and O–H groups in total. The van der Waals surface area contributed by atoms with Gasteiger partial charge in [0.15, 0.2) is 0 Å². The molecule has 1 aromatic heterocycles. The second-order valence-electron chi connectivity index (χ2n) is 7.50. The predicted octanol–water partition coefficient (Wildman–Crippen LogP) is 4.36. The molecule has 0 amide bonds. The van der Waals surface area contributed by atoms with E-state index in [2.05, 4.69) is 28.1 Å². The van der Waals surface area contributed by atoms with Crippen molar-refractivity contribution < 1.29 is 14.6 Å². The van der Waals surface area contributed by atoms with Crippen LogP contribution in [-0.2, 0) is 11.3 Å². The van der Waals surface area contributed by atoms with Crippen LogP contribution in [0.2, 0.25) is 0 Å². The Bertz CT molecular complexity index is 1090. The highest BCUT2D eigenvalue weighted by Crippen LogP contribution is 2.29. The highest BCUT2D eigenvalue weighted by Gasteiger charge is 2.31. The number of ether oxygens (including phenoxy) is 2. The largest absolute Gasteiger partial charge is 0.497 e. The molecule has 3 unspecified atom stereocenters. The van der Waals surface area contributed by atoms with Gasteiger partial charge in [-0.3, -0.25) is 5.32 Å². The van der Waals surface area contributed by atoms with Crippen molar-refractivity contribution in [1.82, 2.24) is 9.88 Å². The molecule has 0 fully saturated rings. The van der Waals surface area contributed by atoms with Crippen molar-refractivity contribution in [3.8, 4) is 5.75 Å². The molecule has 0 saturated heterocycles. The second kappa shape index (κ2) is 9.79. The maximum Gasteiger partial charge on any atom is 0.136 e. The molecule has 3 aromatic carbocycles. The van der Waals surface area contributed by atoms with Gasteiger partial charge < -0.3 is 19.1 Å². The number of nitrogens with one attached hydrogen (secondary N) is 1. The summed E-state index contributed by atoms with van der Waals surface area (Å²) in [6.07, 6.45) is 0.650. The molecule has 0 bridgehead atoms. The van der Waals surface area contributed by atoms with Crippen molar-refractivity contribution in [1.29, 1.82) is 0 Å². The van der Waals surface area contributed by atoms with E-state index >= 15 is 0 Å². The Hall–Kier alpha value is -3.12. The molecular weight excluding hydrogens is 388 g/mol. The van der Waals surface area contributed by atoms with Gasteiger partial charge in [-0.1, -0.05) is 60.7 Å². The standard InChI is InChI=1S/C26H28N2O3/c1-27-26(31-18-19-12-14-22(30-2)15-13-19)25(29)24(21-9-4-3-5-10-21)28-17-16-20-8-6-7-11-23(20)28/h3-17,24-27,29H,18H2,1-2H3. The highest BCUT2D eigenvalue weighted by molar-refractivity contribution is 5.80. The lowest BCUT2D eigenvalue weighted by Crippen LogP contribution is -2.45. The second-order valence-corrected chi connectivity index (χ2v) is 7.50. The van der Waals surface area contributed by atoms with Gasteiger partial charge in [0.2, 0.25) is 0 Å². The number of rotatable bonds is 9. The first-order valence-corrected chi connectivity index (χ1v) is 10.4. The van der Waals surface area contributed by atoms with Gasteiger partial charge in [-0.15, -0.1) is 0 Å². The molecule has 1 heterocycles. The van der Waals surface area contributed by atoms with Gasteiger partial charge in [-0.25, -0.2) is 0 Å². The molecule has 0 radical (unpaired) electrons. The summed E-state index contributed by atoms with van der Waals surface area (Å²) in [5.41, 5.74) is 3.10. The third-order valence-corrected chi connectivity index (χ3v) is 5.58. The van der Waals surface area contributed by atoms with Gasteiger partial charge in [-0.05, 0) is 47.8 Å². The number of hydrogen-bond acceptors (Lipinski definition) is 4. The minimum atomic E-state index is -0.818. The summed E-state index contributed by atoms with van der Waals surface area (Å²) in [7, 11) is 3.45. The number of fused-ring (bicyclic) bond motifs is 1. The normalized spacial score (nSPS) is 14.3. The molecule has 4 rings (SSSR count). The fourth-order valence-corrected chi connectivity index (χ4v) is 3.95. The van der Waals surface area contributed by atoms with E-state index in [0.717, 1.165) is 27.8 Å². The fourth-order valence-electron chi connectivity index (χ4n) is 3.95. The van der Waals surface area contributed by atoms with Crippen LogP contribution in [0.4, 0.5) is 0 Å². The van der Waals surface area contributed by atoms with Gasteiger partial charge in [0, 0.05) is 11.7 Å². The number of para-hydroxylation sites is 1. The molecule has 0 aliphatic carbocycles. The topological polar surface area (TPSA) is 55.6 Å². The fraction of sp³-hybridized carbons (Fsp3) is 0.231. The van der Waals surface area contributed by atoms with Crippen molar-refractivity contribution in [2.45, 2.75) is 25.0 Å². The van der Waals surface area contributed by atoms with Crippen LogP contribution >= 0.6 is 0 Å². The number of nitrogens with zero attached hydrogens (tertiary/aromatic N) is 1. The Labute approximate surface area is 182 Å². The quantitative estimate of drug-likeness (QED) is 0.398. The van der Waals surface area contributed by atoms with Crippen LogP contribution in [0.1, 0.15) is 17.2 Å². The van der Waals surface area contributed by atoms with E-state index in [0.29, 0.717) is 6.61 Å². The lowest BCUT2D eigenvalue weighted by molar-refractivity contribution is -0.0733. The summed E-state index contributed by atoms with van der Waals surface area (Å²) in [5.74, 6) is 0.803. The van der Waals surface area contributed by atoms with Gasteiger partial charge >= 0.3 is 0 Å². The van der Waals surface area contributed by atoms with E-state index in [4.69, 9.17) is 9.47 Å². The third kappa shape index (κ3) is 4.64. The van der Waals surface area contributed by atoms with E-state index in [1.165, 1.54) is 0 Å².